The van der Waals surface area contributed by atoms with E-state index in [1.165, 1.54) is 24.3 Å². The molecule has 4 amide bonds. The summed E-state index contributed by atoms with van der Waals surface area (Å²) in [5, 5.41) is 7.85. The molecule has 4 rings (SSSR count). The quantitative estimate of drug-likeness (QED) is 0.603. The van der Waals surface area contributed by atoms with Gasteiger partial charge in [-0.3, -0.25) is 9.59 Å². The molecule has 35 heavy (non-hydrogen) atoms. The Labute approximate surface area is 203 Å². The number of halogens is 1. The molecule has 2 aromatic rings. The van der Waals surface area contributed by atoms with Gasteiger partial charge in [-0.1, -0.05) is 12.1 Å². The van der Waals surface area contributed by atoms with Gasteiger partial charge in [0.15, 0.2) is 0 Å². The summed E-state index contributed by atoms with van der Waals surface area (Å²) in [6.07, 6.45) is 1.01. The zero-order valence-corrected chi connectivity index (χ0v) is 19.7. The first kappa shape index (κ1) is 24.5. The Hall–Kier alpha value is -3.66. The molecule has 2 aromatic carbocycles. The fourth-order valence-electron chi connectivity index (χ4n) is 4.43. The van der Waals surface area contributed by atoms with Gasteiger partial charge in [-0.25, -0.2) is 9.18 Å². The molecule has 2 heterocycles. The van der Waals surface area contributed by atoms with E-state index in [9.17, 15) is 18.8 Å². The number of carbonyl (C=O) groups excluding carboxylic acids is 3. The minimum Gasteiger partial charge on any atom is -0.490 e. The van der Waals surface area contributed by atoms with Crippen molar-refractivity contribution in [3.63, 3.8) is 0 Å². The number of nitrogens with zero attached hydrogens (tertiary/aromatic N) is 1. The molecular formula is C25H29FN4O5. The van der Waals surface area contributed by atoms with Gasteiger partial charge in [0.1, 0.15) is 24.3 Å². The third-order valence-corrected chi connectivity index (χ3v) is 6.18. The number of para-hydroxylation sites is 1. The molecule has 186 valence electrons. The van der Waals surface area contributed by atoms with Crippen LogP contribution in [0.5, 0.6) is 5.75 Å². The van der Waals surface area contributed by atoms with Crippen molar-refractivity contribution in [3.05, 3.63) is 53.8 Å². The third kappa shape index (κ3) is 5.71. The molecule has 0 saturated carbocycles. The number of hydrogen-bond acceptors (Lipinski definition) is 5. The van der Waals surface area contributed by atoms with Crippen LogP contribution in [0.1, 0.15) is 36.5 Å². The van der Waals surface area contributed by atoms with E-state index in [4.69, 9.17) is 9.47 Å². The molecule has 0 unspecified atom stereocenters. The summed E-state index contributed by atoms with van der Waals surface area (Å²) < 4.78 is 25.9. The number of rotatable bonds is 5. The van der Waals surface area contributed by atoms with Crippen LogP contribution in [0.15, 0.2) is 42.5 Å². The van der Waals surface area contributed by atoms with E-state index in [1.807, 2.05) is 6.92 Å². The molecule has 0 bridgehead atoms. The summed E-state index contributed by atoms with van der Waals surface area (Å²) in [6.45, 7) is 2.66. The van der Waals surface area contributed by atoms with Crippen molar-refractivity contribution in [1.82, 2.24) is 10.2 Å². The lowest BCUT2D eigenvalue weighted by molar-refractivity contribution is -0.133. The SMILES string of the molecule is CCNC(=O)C[C@H]1CC[C@H]2[C@@H](COc3ccc(NC(=O)Nc4ccccc4F)cc3C(=O)N2C)O1. The highest BCUT2D eigenvalue weighted by atomic mass is 19.1. The maximum absolute atomic E-state index is 13.8. The Bertz CT molecular complexity index is 1110. The standard InChI is InChI=1S/C25H29FN4O5/c1-3-27-23(31)13-16-9-10-20-22(35-16)14-34-21-11-8-15(12-17(21)24(32)30(20)2)28-25(33)29-19-7-5-4-6-18(19)26/h4-8,11-12,16,20,22H,3,9-10,13-14H2,1-2H3,(H,27,31)(H2,28,29,33)/t16-,20+,22-/m1/s1. The van der Waals surface area contributed by atoms with Crippen LogP contribution in [-0.2, 0) is 9.53 Å². The summed E-state index contributed by atoms with van der Waals surface area (Å²) in [4.78, 5) is 39.3. The number of nitrogens with one attached hydrogen (secondary N) is 3. The van der Waals surface area contributed by atoms with E-state index >= 15 is 0 Å². The molecule has 1 fully saturated rings. The van der Waals surface area contributed by atoms with E-state index in [0.717, 1.165) is 0 Å². The lowest BCUT2D eigenvalue weighted by Gasteiger charge is -2.42. The van der Waals surface area contributed by atoms with E-state index < -0.39 is 11.8 Å². The fourth-order valence-corrected chi connectivity index (χ4v) is 4.43. The second kappa shape index (κ2) is 10.7. The lowest BCUT2D eigenvalue weighted by atomic mass is 9.94. The van der Waals surface area contributed by atoms with E-state index in [1.54, 1.807) is 30.1 Å². The Balaban J connectivity index is 1.46. The van der Waals surface area contributed by atoms with E-state index in [0.29, 0.717) is 36.4 Å². The lowest BCUT2D eigenvalue weighted by Crippen LogP contribution is -2.54. The molecule has 3 N–H and O–H groups in total. The van der Waals surface area contributed by atoms with Crippen LogP contribution in [0.2, 0.25) is 0 Å². The number of fused-ring (bicyclic) bond motifs is 2. The monoisotopic (exact) mass is 484 g/mol. The summed E-state index contributed by atoms with van der Waals surface area (Å²) in [6, 6.07) is 9.74. The van der Waals surface area contributed by atoms with Gasteiger partial charge in [-0.15, -0.1) is 0 Å². The largest absolute Gasteiger partial charge is 0.490 e. The van der Waals surface area contributed by atoms with Gasteiger partial charge in [0, 0.05) is 19.3 Å². The number of urea groups is 1. The molecule has 3 atom stereocenters. The smallest absolute Gasteiger partial charge is 0.323 e. The zero-order valence-electron chi connectivity index (χ0n) is 19.7. The summed E-state index contributed by atoms with van der Waals surface area (Å²) >= 11 is 0. The predicted octanol–water partition coefficient (Wildman–Crippen LogP) is 3.38. The van der Waals surface area contributed by atoms with Gasteiger partial charge in [0.25, 0.3) is 5.91 Å². The average molecular weight is 485 g/mol. The van der Waals surface area contributed by atoms with Crippen molar-refractivity contribution in [2.24, 2.45) is 0 Å². The number of ether oxygens (including phenoxy) is 2. The molecule has 9 nitrogen and oxygen atoms in total. The highest BCUT2D eigenvalue weighted by molar-refractivity contribution is 6.02. The van der Waals surface area contributed by atoms with Gasteiger partial charge in [-0.2, -0.15) is 0 Å². The third-order valence-electron chi connectivity index (χ3n) is 6.18. The second-order valence-electron chi connectivity index (χ2n) is 8.60. The molecule has 2 aliphatic rings. The van der Waals surface area contributed by atoms with Crippen LogP contribution < -0.4 is 20.7 Å². The first-order valence-corrected chi connectivity index (χ1v) is 11.6. The molecule has 0 aromatic heterocycles. The molecule has 0 radical (unpaired) electrons. The van der Waals surface area contributed by atoms with Gasteiger partial charge in [-0.05, 0) is 50.1 Å². The molecule has 10 heteroatoms. The van der Waals surface area contributed by atoms with E-state index in [-0.39, 0.29) is 48.8 Å². The molecule has 0 aliphatic carbocycles. The maximum atomic E-state index is 13.8. The predicted molar refractivity (Wildman–Crippen MR) is 128 cm³/mol. The molecule has 0 spiro atoms. The van der Waals surface area contributed by atoms with Crippen molar-refractivity contribution in [3.8, 4) is 5.75 Å². The first-order chi connectivity index (χ1) is 16.9. The van der Waals surface area contributed by atoms with Gasteiger partial charge in [0.2, 0.25) is 5.91 Å². The molecule has 2 aliphatic heterocycles. The fraction of sp³-hybridized carbons (Fsp3) is 0.400. The second-order valence-corrected chi connectivity index (χ2v) is 8.60. The van der Waals surface area contributed by atoms with Gasteiger partial charge >= 0.3 is 6.03 Å². The normalized spacial score (nSPS) is 21.5. The Kier molecular flexibility index (Phi) is 7.50. The van der Waals surface area contributed by atoms with Crippen LogP contribution in [0.25, 0.3) is 0 Å². The molecular weight excluding hydrogens is 455 g/mol. The van der Waals surface area contributed by atoms with Crippen LogP contribution >= 0.6 is 0 Å². The molecule has 1 saturated heterocycles. The van der Waals surface area contributed by atoms with Crippen LogP contribution in [0, 0.1) is 5.82 Å². The zero-order chi connectivity index (χ0) is 24.9. The number of hydrogen-bond donors (Lipinski definition) is 3. The van der Waals surface area contributed by atoms with Crippen molar-refractivity contribution >= 4 is 29.2 Å². The first-order valence-electron chi connectivity index (χ1n) is 11.6. The number of benzene rings is 2. The van der Waals surface area contributed by atoms with E-state index in [2.05, 4.69) is 16.0 Å². The highest BCUT2D eigenvalue weighted by Gasteiger charge is 2.39. The minimum atomic E-state index is -0.637. The minimum absolute atomic E-state index is 0.0456. The van der Waals surface area contributed by atoms with Gasteiger partial charge < -0.3 is 30.3 Å². The highest BCUT2D eigenvalue weighted by Crippen LogP contribution is 2.32. The van der Waals surface area contributed by atoms with Crippen molar-refractivity contribution in [1.29, 1.82) is 0 Å². The topological polar surface area (TPSA) is 109 Å². The summed E-state index contributed by atoms with van der Waals surface area (Å²) in [7, 11) is 1.72. The van der Waals surface area contributed by atoms with Crippen molar-refractivity contribution in [2.75, 3.05) is 30.8 Å². The van der Waals surface area contributed by atoms with Gasteiger partial charge in [0.05, 0.1) is 29.8 Å². The number of anilines is 2. The van der Waals surface area contributed by atoms with Crippen molar-refractivity contribution < 1.29 is 28.2 Å². The van der Waals surface area contributed by atoms with Crippen molar-refractivity contribution in [2.45, 2.75) is 44.4 Å². The Morgan fingerprint density at radius 2 is 1.94 bits per heavy atom. The maximum Gasteiger partial charge on any atom is 0.323 e. The summed E-state index contributed by atoms with van der Waals surface area (Å²) in [5.41, 5.74) is 0.713. The Morgan fingerprint density at radius 3 is 2.71 bits per heavy atom. The number of amides is 4. The number of likely N-dealkylation sites (N-methyl/N-ethyl adjacent to an activating group) is 1. The van der Waals surface area contributed by atoms with Crippen LogP contribution in [0.3, 0.4) is 0 Å². The average Bonchev–Trinajstić information content (AvgIpc) is 2.83. The Morgan fingerprint density at radius 1 is 1.14 bits per heavy atom. The van der Waals surface area contributed by atoms with Crippen LogP contribution in [-0.4, -0.2) is 61.2 Å². The van der Waals surface area contributed by atoms with Crippen LogP contribution in [0.4, 0.5) is 20.6 Å². The summed E-state index contributed by atoms with van der Waals surface area (Å²) in [5.74, 6) is -0.506. The number of carbonyl (C=O) groups is 3.